The lowest BCUT2D eigenvalue weighted by molar-refractivity contribution is -0.0447. The number of hydrogen-bond donors (Lipinski definition) is 1. The summed E-state index contributed by atoms with van der Waals surface area (Å²) in [4.78, 5) is 0. The van der Waals surface area contributed by atoms with Crippen LogP contribution in [0.5, 0.6) is 0 Å². The largest absolute Gasteiger partial charge is 0.393 e. The van der Waals surface area contributed by atoms with E-state index in [1.54, 1.807) is 0 Å². The molecule has 1 heterocycles. The molecule has 0 aromatic heterocycles. The Morgan fingerprint density at radius 1 is 1.29 bits per heavy atom. The number of ether oxygens (including phenoxy) is 1. The van der Waals surface area contributed by atoms with Gasteiger partial charge in [0.05, 0.1) is 12.2 Å². The molecule has 0 spiro atoms. The van der Waals surface area contributed by atoms with Crippen LogP contribution in [0.1, 0.15) is 24.5 Å². The number of rotatable bonds is 1. The van der Waals surface area contributed by atoms with Gasteiger partial charge < -0.3 is 9.84 Å². The molecule has 2 nitrogen and oxygen atoms in total. The molecule has 0 bridgehead atoms. The second-order valence-electron chi connectivity index (χ2n) is 3.59. The van der Waals surface area contributed by atoms with Crippen LogP contribution in [0.25, 0.3) is 0 Å². The summed E-state index contributed by atoms with van der Waals surface area (Å²) in [5.74, 6) is 0. The lowest BCUT2D eigenvalue weighted by Gasteiger charge is -2.26. The minimum Gasteiger partial charge on any atom is -0.393 e. The van der Waals surface area contributed by atoms with Gasteiger partial charge >= 0.3 is 0 Å². The number of aliphatic hydroxyl groups excluding tert-OH is 1. The van der Waals surface area contributed by atoms with Gasteiger partial charge in [-0.1, -0.05) is 23.7 Å². The molecule has 3 heteroatoms. The second kappa shape index (κ2) is 4.30. The maximum atomic E-state index is 9.49. The Bertz CT molecular complexity index is 297. The summed E-state index contributed by atoms with van der Waals surface area (Å²) in [6, 6.07) is 7.60. The summed E-state index contributed by atoms with van der Waals surface area (Å²) in [6.07, 6.45) is 1.21. The average Bonchev–Trinajstić information content (AvgIpc) is 2.19. The van der Waals surface area contributed by atoms with Crippen molar-refractivity contribution in [3.05, 3.63) is 34.9 Å². The normalized spacial score (nSPS) is 27.6. The molecule has 1 aromatic carbocycles. The monoisotopic (exact) mass is 212 g/mol. The summed E-state index contributed by atoms with van der Waals surface area (Å²) in [6.45, 7) is 0.633. The summed E-state index contributed by atoms with van der Waals surface area (Å²) in [5.41, 5.74) is 1.09. The van der Waals surface area contributed by atoms with Crippen molar-refractivity contribution in [1.29, 1.82) is 0 Å². The molecular formula is C11H13ClO2. The van der Waals surface area contributed by atoms with Gasteiger partial charge in [0.25, 0.3) is 0 Å². The second-order valence-corrected chi connectivity index (χ2v) is 4.03. The van der Waals surface area contributed by atoms with Crippen LogP contribution in [-0.4, -0.2) is 17.8 Å². The molecule has 1 fully saturated rings. The van der Waals surface area contributed by atoms with Crippen molar-refractivity contribution < 1.29 is 9.84 Å². The third-order valence-electron chi connectivity index (χ3n) is 2.50. The molecule has 0 aliphatic carbocycles. The maximum Gasteiger partial charge on any atom is 0.0849 e. The first-order valence-electron chi connectivity index (χ1n) is 4.81. The van der Waals surface area contributed by atoms with E-state index < -0.39 is 0 Å². The van der Waals surface area contributed by atoms with E-state index in [2.05, 4.69) is 0 Å². The molecular weight excluding hydrogens is 200 g/mol. The van der Waals surface area contributed by atoms with Gasteiger partial charge in [-0.3, -0.25) is 0 Å². The van der Waals surface area contributed by atoms with E-state index in [1.165, 1.54) is 0 Å². The average molecular weight is 213 g/mol. The fourth-order valence-electron chi connectivity index (χ4n) is 1.69. The van der Waals surface area contributed by atoms with E-state index in [0.29, 0.717) is 13.0 Å². The lowest BCUT2D eigenvalue weighted by atomic mass is 10.00. The molecule has 1 aliphatic heterocycles. The molecule has 2 atom stereocenters. The van der Waals surface area contributed by atoms with Crippen LogP contribution >= 0.6 is 11.6 Å². The highest BCUT2D eigenvalue weighted by Crippen LogP contribution is 2.28. The van der Waals surface area contributed by atoms with Gasteiger partial charge in [-0.05, 0) is 24.1 Å². The third kappa shape index (κ3) is 2.27. The molecule has 0 saturated carbocycles. The number of aliphatic hydroxyl groups is 1. The highest BCUT2D eigenvalue weighted by Gasteiger charge is 2.21. The zero-order valence-corrected chi connectivity index (χ0v) is 8.57. The molecule has 2 rings (SSSR count). The van der Waals surface area contributed by atoms with Gasteiger partial charge in [-0.25, -0.2) is 0 Å². The van der Waals surface area contributed by atoms with Crippen LogP contribution in [-0.2, 0) is 4.74 Å². The Balaban J connectivity index is 2.10. The molecule has 1 aromatic rings. The number of hydrogen-bond acceptors (Lipinski definition) is 2. The number of benzene rings is 1. The molecule has 0 radical (unpaired) electrons. The van der Waals surface area contributed by atoms with Crippen LogP contribution in [0.3, 0.4) is 0 Å². The first-order chi connectivity index (χ1) is 6.75. The van der Waals surface area contributed by atoms with Crippen LogP contribution in [0, 0.1) is 0 Å². The van der Waals surface area contributed by atoms with E-state index in [1.807, 2.05) is 24.3 Å². The predicted molar refractivity (Wildman–Crippen MR) is 55.4 cm³/mol. The Hall–Kier alpha value is -0.570. The molecule has 0 unspecified atom stereocenters. The maximum absolute atomic E-state index is 9.49. The van der Waals surface area contributed by atoms with E-state index in [-0.39, 0.29) is 12.2 Å². The summed E-state index contributed by atoms with van der Waals surface area (Å²) in [5, 5.41) is 10.2. The van der Waals surface area contributed by atoms with Gasteiger partial charge in [0, 0.05) is 18.1 Å². The van der Waals surface area contributed by atoms with Crippen LogP contribution in [0.2, 0.25) is 5.02 Å². The zero-order valence-electron chi connectivity index (χ0n) is 7.82. The number of halogens is 1. The molecule has 1 saturated heterocycles. The standard InChI is InChI=1S/C11H13ClO2/c12-9-3-1-8(2-4-9)11-7-10(13)5-6-14-11/h1-4,10-11,13H,5-7H2/t10-,11+/m0/s1. The summed E-state index contributed by atoms with van der Waals surface area (Å²) >= 11 is 5.79. The zero-order chi connectivity index (χ0) is 9.97. The van der Waals surface area contributed by atoms with E-state index in [0.717, 1.165) is 17.0 Å². The van der Waals surface area contributed by atoms with Gasteiger partial charge in [-0.15, -0.1) is 0 Å². The molecule has 0 amide bonds. The fourth-order valence-corrected chi connectivity index (χ4v) is 1.82. The van der Waals surface area contributed by atoms with Gasteiger partial charge in [0.15, 0.2) is 0 Å². The van der Waals surface area contributed by atoms with Crippen molar-refractivity contribution in [2.75, 3.05) is 6.61 Å². The highest BCUT2D eigenvalue weighted by atomic mass is 35.5. The van der Waals surface area contributed by atoms with E-state index >= 15 is 0 Å². The smallest absolute Gasteiger partial charge is 0.0849 e. The van der Waals surface area contributed by atoms with Gasteiger partial charge in [0.2, 0.25) is 0 Å². The Morgan fingerprint density at radius 2 is 2.00 bits per heavy atom. The summed E-state index contributed by atoms with van der Waals surface area (Å²) < 4.78 is 5.57. The van der Waals surface area contributed by atoms with Crippen molar-refractivity contribution >= 4 is 11.6 Å². The predicted octanol–water partition coefficient (Wildman–Crippen LogP) is 2.55. The van der Waals surface area contributed by atoms with Crippen molar-refractivity contribution in [1.82, 2.24) is 0 Å². The molecule has 1 aliphatic rings. The highest BCUT2D eigenvalue weighted by molar-refractivity contribution is 6.30. The summed E-state index contributed by atoms with van der Waals surface area (Å²) in [7, 11) is 0. The van der Waals surface area contributed by atoms with Crippen molar-refractivity contribution in [2.45, 2.75) is 25.0 Å². The lowest BCUT2D eigenvalue weighted by Crippen LogP contribution is -2.23. The molecule has 14 heavy (non-hydrogen) atoms. The van der Waals surface area contributed by atoms with Gasteiger partial charge in [-0.2, -0.15) is 0 Å². The fraction of sp³-hybridized carbons (Fsp3) is 0.455. The Kier molecular flexibility index (Phi) is 3.06. The van der Waals surface area contributed by atoms with Crippen molar-refractivity contribution in [3.63, 3.8) is 0 Å². The quantitative estimate of drug-likeness (QED) is 0.776. The van der Waals surface area contributed by atoms with Crippen LogP contribution < -0.4 is 0 Å². The van der Waals surface area contributed by atoms with E-state index in [4.69, 9.17) is 16.3 Å². The first kappa shape index (κ1) is 9.97. The van der Waals surface area contributed by atoms with Crippen molar-refractivity contribution in [3.8, 4) is 0 Å². The Morgan fingerprint density at radius 3 is 2.64 bits per heavy atom. The third-order valence-corrected chi connectivity index (χ3v) is 2.75. The SMILES string of the molecule is O[C@H]1CCO[C@@H](c2ccc(Cl)cc2)C1. The molecule has 76 valence electrons. The first-order valence-corrected chi connectivity index (χ1v) is 5.18. The minimum absolute atomic E-state index is 0.0241. The topological polar surface area (TPSA) is 29.5 Å². The van der Waals surface area contributed by atoms with Gasteiger partial charge in [0.1, 0.15) is 0 Å². The van der Waals surface area contributed by atoms with Crippen LogP contribution in [0.4, 0.5) is 0 Å². The Labute approximate surface area is 88.5 Å². The van der Waals surface area contributed by atoms with Crippen molar-refractivity contribution in [2.24, 2.45) is 0 Å². The van der Waals surface area contributed by atoms with Crippen LogP contribution in [0.15, 0.2) is 24.3 Å². The molecule has 1 N–H and O–H groups in total. The minimum atomic E-state index is -0.232. The van der Waals surface area contributed by atoms with E-state index in [9.17, 15) is 5.11 Å².